The van der Waals surface area contributed by atoms with Gasteiger partial charge in [-0.3, -0.25) is 14.9 Å². The van der Waals surface area contributed by atoms with Gasteiger partial charge in [0.15, 0.2) is 6.61 Å². The minimum Gasteiger partial charge on any atom is -0.462 e. The van der Waals surface area contributed by atoms with E-state index in [-0.39, 0.29) is 29.2 Å². The van der Waals surface area contributed by atoms with Gasteiger partial charge in [0.05, 0.1) is 17.1 Å². The van der Waals surface area contributed by atoms with Crippen LogP contribution in [0.3, 0.4) is 0 Å². The quantitative estimate of drug-likeness (QED) is 0.421. The lowest BCUT2D eigenvalue weighted by atomic mass is 10.1. The lowest BCUT2D eigenvalue weighted by molar-refractivity contribution is -0.383. The summed E-state index contributed by atoms with van der Waals surface area (Å²) in [5, 5.41) is 13.3. The number of nitrogens with zero attached hydrogens (tertiary/aromatic N) is 1. The molecule has 0 unspecified atom stereocenters. The van der Waals surface area contributed by atoms with Crippen LogP contribution < -0.4 is 5.32 Å². The molecule has 1 heterocycles. The van der Waals surface area contributed by atoms with Gasteiger partial charge >= 0.3 is 11.9 Å². The molecule has 28 heavy (non-hydrogen) atoms. The molecule has 2 N–H and O–H groups in total. The smallest absolute Gasteiger partial charge is 0.355 e. The van der Waals surface area contributed by atoms with Gasteiger partial charge in [-0.15, -0.1) is 0 Å². The zero-order valence-electron chi connectivity index (χ0n) is 15.5. The number of hydrogen-bond acceptors (Lipinski definition) is 7. The zero-order chi connectivity index (χ0) is 20.8. The topological polar surface area (TPSA) is 141 Å². The van der Waals surface area contributed by atoms with Gasteiger partial charge in [-0.2, -0.15) is 0 Å². The Kier molecular flexibility index (Phi) is 6.48. The number of hydrogen-bond donors (Lipinski definition) is 2. The fraction of sp³-hybridized carbons (Fsp3) is 0.278. The minimum atomic E-state index is -0.839. The first-order valence-corrected chi connectivity index (χ1v) is 8.32. The first kappa shape index (κ1) is 20.6. The van der Waals surface area contributed by atoms with Crippen LogP contribution in [-0.4, -0.2) is 41.0 Å². The van der Waals surface area contributed by atoms with E-state index < -0.39 is 29.4 Å². The molecular formula is C18H19N3O7. The van der Waals surface area contributed by atoms with Gasteiger partial charge in [-0.05, 0) is 32.4 Å². The highest BCUT2D eigenvalue weighted by atomic mass is 16.6. The Balaban J connectivity index is 2.05. The van der Waals surface area contributed by atoms with Crippen molar-refractivity contribution in [1.82, 2.24) is 4.98 Å². The summed E-state index contributed by atoms with van der Waals surface area (Å²) in [4.78, 5) is 49.3. The van der Waals surface area contributed by atoms with E-state index in [1.807, 2.05) is 0 Å². The van der Waals surface area contributed by atoms with Crippen molar-refractivity contribution in [2.45, 2.75) is 20.8 Å². The summed E-state index contributed by atoms with van der Waals surface area (Å²) in [6, 6.07) is 5.59. The van der Waals surface area contributed by atoms with Crippen LogP contribution in [0.5, 0.6) is 0 Å². The number of nitro groups is 1. The molecule has 10 nitrogen and oxygen atoms in total. The summed E-state index contributed by atoms with van der Waals surface area (Å²) in [6.45, 7) is 4.36. The number of aryl methyl sites for hydroxylation is 1. The standard InChI is InChI=1S/C18H19N3O7/c1-4-27-17(23)15-10(2)16(19-11(15)3)18(24)28-9-14(22)20-12-7-5-6-8-13(12)21(25)26/h5-8,19H,4,9H2,1-3H3,(H,20,22). The number of rotatable bonds is 7. The number of carbonyl (C=O) groups excluding carboxylic acids is 3. The molecule has 0 aliphatic heterocycles. The number of esters is 2. The number of nitrogens with one attached hydrogen (secondary N) is 2. The normalized spacial score (nSPS) is 10.2. The number of ether oxygens (including phenoxy) is 2. The molecular weight excluding hydrogens is 370 g/mol. The maximum absolute atomic E-state index is 12.2. The van der Waals surface area contributed by atoms with E-state index in [4.69, 9.17) is 9.47 Å². The van der Waals surface area contributed by atoms with Crippen molar-refractivity contribution < 1.29 is 28.8 Å². The highest BCUT2D eigenvalue weighted by Crippen LogP contribution is 2.23. The van der Waals surface area contributed by atoms with Crippen molar-refractivity contribution >= 4 is 29.2 Å². The zero-order valence-corrected chi connectivity index (χ0v) is 15.5. The summed E-state index contributed by atoms with van der Waals surface area (Å²) in [5.41, 5.74) is 0.756. The molecule has 0 aliphatic carbocycles. The monoisotopic (exact) mass is 389 g/mol. The molecule has 0 saturated heterocycles. The van der Waals surface area contributed by atoms with Gasteiger partial charge < -0.3 is 19.8 Å². The number of anilines is 1. The fourth-order valence-corrected chi connectivity index (χ4v) is 2.59. The van der Waals surface area contributed by atoms with Crippen LogP contribution in [0.15, 0.2) is 24.3 Å². The van der Waals surface area contributed by atoms with Gasteiger partial charge in [0, 0.05) is 11.8 Å². The largest absolute Gasteiger partial charge is 0.462 e. The third-order valence-electron chi connectivity index (χ3n) is 3.83. The molecule has 0 spiro atoms. The predicted molar refractivity (Wildman–Crippen MR) is 98.2 cm³/mol. The summed E-state index contributed by atoms with van der Waals surface area (Å²) < 4.78 is 9.89. The minimum absolute atomic E-state index is 0.00922. The van der Waals surface area contributed by atoms with Gasteiger partial charge in [0.2, 0.25) is 0 Å². The number of para-hydroxylation sites is 2. The lowest BCUT2D eigenvalue weighted by Gasteiger charge is -2.07. The van der Waals surface area contributed by atoms with Gasteiger partial charge in [-0.1, -0.05) is 12.1 Å². The second-order valence-corrected chi connectivity index (χ2v) is 5.74. The third kappa shape index (κ3) is 4.53. The van der Waals surface area contributed by atoms with E-state index in [2.05, 4.69) is 10.3 Å². The van der Waals surface area contributed by atoms with E-state index in [0.717, 1.165) is 0 Å². The number of amides is 1. The van der Waals surface area contributed by atoms with E-state index in [1.54, 1.807) is 20.8 Å². The Bertz CT molecular complexity index is 933. The van der Waals surface area contributed by atoms with E-state index in [0.29, 0.717) is 11.3 Å². The van der Waals surface area contributed by atoms with Crippen LogP contribution >= 0.6 is 0 Å². The number of aromatic nitrogens is 1. The summed E-state index contributed by atoms with van der Waals surface area (Å²) >= 11 is 0. The number of benzene rings is 1. The van der Waals surface area contributed by atoms with Gasteiger partial charge in [0.25, 0.3) is 11.6 Å². The SMILES string of the molecule is CCOC(=O)c1c(C)[nH]c(C(=O)OCC(=O)Nc2ccccc2[N+](=O)[O-])c1C. The van der Waals surface area contributed by atoms with Crippen LogP contribution in [0.4, 0.5) is 11.4 Å². The summed E-state index contributed by atoms with van der Waals surface area (Å²) in [5.74, 6) is -2.15. The van der Waals surface area contributed by atoms with Crippen molar-refractivity contribution in [3.63, 3.8) is 0 Å². The number of H-pyrrole nitrogens is 1. The average molecular weight is 389 g/mol. The van der Waals surface area contributed by atoms with Crippen LogP contribution in [0.2, 0.25) is 0 Å². The highest BCUT2D eigenvalue weighted by molar-refractivity contribution is 6.00. The van der Waals surface area contributed by atoms with Crippen molar-refractivity contribution in [3.8, 4) is 0 Å². The van der Waals surface area contributed by atoms with E-state index >= 15 is 0 Å². The van der Waals surface area contributed by atoms with Crippen LogP contribution in [0.25, 0.3) is 0 Å². The fourth-order valence-electron chi connectivity index (χ4n) is 2.59. The Hall–Kier alpha value is -3.69. The second kappa shape index (κ2) is 8.80. The molecule has 1 aromatic carbocycles. The highest BCUT2D eigenvalue weighted by Gasteiger charge is 2.24. The second-order valence-electron chi connectivity index (χ2n) is 5.74. The van der Waals surface area contributed by atoms with Gasteiger partial charge in [0.1, 0.15) is 11.4 Å². The van der Waals surface area contributed by atoms with Crippen molar-refractivity contribution in [2.75, 3.05) is 18.5 Å². The molecule has 2 rings (SSSR count). The molecule has 0 fully saturated rings. The molecule has 0 aliphatic rings. The van der Waals surface area contributed by atoms with Crippen molar-refractivity contribution in [2.24, 2.45) is 0 Å². The van der Waals surface area contributed by atoms with Crippen LogP contribution in [0, 0.1) is 24.0 Å². The van der Waals surface area contributed by atoms with Gasteiger partial charge in [-0.25, -0.2) is 9.59 Å². The van der Waals surface area contributed by atoms with E-state index in [1.165, 1.54) is 24.3 Å². The first-order valence-electron chi connectivity index (χ1n) is 8.32. The Labute approximate surface area is 160 Å². The molecule has 0 saturated carbocycles. The maximum Gasteiger partial charge on any atom is 0.355 e. The van der Waals surface area contributed by atoms with E-state index in [9.17, 15) is 24.5 Å². The lowest BCUT2D eigenvalue weighted by Crippen LogP contribution is -2.22. The van der Waals surface area contributed by atoms with Crippen molar-refractivity contribution in [1.29, 1.82) is 0 Å². The van der Waals surface area contributed by atoms with Crippen LogP contribution in [-0.2, 0) is 14.3 Å². The summed E-state index contributed by atoms with van der Waals surface area (Å²) in [7, 11) is 0. The molecule has 0 atom stereocenters. The molecule has 148 valence electrons. The molecule has 0 radical (unpaired) electrons. The molecule has 0 bridgehead atoms. The molecule has 1 amide bonds. The number of aromatic amines is 1. The summed E-state index contributed by atoms with van der Waals surface area (Å²) in [6.07, 6.45) is 0. The van der Waals surface area contributed by atoms with Crippen LogP contribution in [0.1, 0.15) is 39.0 Å². The molecule has 1 aromatic heterocycles. The first-order chi connectivity index (χ1) is 13.3. The average Bonchev–Trinajstić information content (AvgIpc) is 2.94. The Morgan fingerprint density at radius 1 is 1.14 bits per heavy atom. The number of nitro benzene ring substituents is 1. The Morgan fingerprint density at radius 3 is 2.46 bits per heavy atom. The maximum atomic E-state index is 12.2. The Morgan fingerprint density at radius 2 is 1.82 bits per heavy atom. The number of carbonyl (C=O) groups is 3. The molecule has 2 aromatic rings. The molecule has 10 heteroatoms. The van der Waals surface area contributed by atoms with Crippen molar-refractivity contribution in [3.05, 3.63) is 56.9 Å². The predicted octanol–water partition coefficient (Wildman–Crippen LogP) is 2.51. The third-order valence-corrected chi connectivity index (χ3v) is 3.83.